The van der Waals surface area contributed by atoms with E-state index < -0.39 is 0 Å². The van der Waals surface area contributed by atoms with Gasteiger partial charge < -0.3 is 19.5 Å². The number of rotatable bonds is 16. The van der Waals surface area contributed by atoms with Crippen LogP contribution in [0.25, 0.3) is 0 Å². The van der Waals surface area contributed by atoms with Crippen LogP contribution < -0.4 is 5.32 Å². The van der Waals surface area contributed by atoms with E-state index in [2.05, 4.69) is 19.2 Å². The summed E-state index contributed by atoms with van der Waals surface area (Å²) in [5, 5.41) is 3.30. The summed E-state index contributed by atoms with van der Waals surface area (Å²) < 4.78 is 15.8. The lowest BCUT2D eigenvalue weighted by Crippen LogP contribution is -2.20. The zero-order chi connectivity index (χ0) is 21.3. The molecular formula is C23H37NO5. The first kappa shape index (κ1) is 25.0. The lowest BCUT2D eigenvalue weighted by molar-refractivity contribution is -0.150. The quantitative estimate of drug-likeness (QED) is 0.312. The Morgan fingerprint density at radius 2 is 1.55 bits per heavy atom. The van der Waals surface area contributed by atoms with Gasteiger partial charge in [0.2, 0.25) is 0 Å². The molecule has 0 amide bonds. The molecule has 1 aromatic carbocycles. The Labute approximate surface area is 175 Å². The normalized spacial score (nSPS) is 11.7. The summed E-state index contributed by atoms with van der Waals surface area (Å²) in [5.74, 6) is -0.547. The highest BCUT2D eigenvalue weighted by molar-refractivity contribution is 5.89. The Balaban J connectivity index is 2.13. The molecule has 0 spiro atoms. The zero-order valence-corrected chi connectivity index (χ0v) is 18.2. The molecule has 0 aliphatic heterocycles. The molecule has 0 saturated carbocycles. The molecule has 0 saturated heterocycles. The predicted octanol–water partition coefficient (Wildman–Crippen LogP) is 4.83. The van der Waals surface area contributed by atoms with Crippen molar-refractivity contribution in [1.82, 2.24) is 0 Å². The zero-order valence-electron chi connectivity index (χ0n) is 18.2. The summed E-state index contributed by atoms with van der Waals surface area (Å²) in [5.41, 5.74) is 1.51. The molecule has 0 aliphatic carbocycles. The maximum Gasteiger partial charge on any atom is 0.338 e. The average Bonchev–Trinajstić information content (AvgIpc) is 2.74. The van der Waals surface area contributed by atoms with Gasteiger partial charge in [0, 0.05) is 12.2 Å². The van der Waals surface area contributed by atoms with Gasteiger partial charge in [0.25, 0.3) is 0 Å². The summed E-state index contributed by atoms with van der Waals surface area (Å²) >= 11 is 0. The van der Waals surface area contributed by atoms with Gasteiger partial charge in [-0.1, -0.05) is 40.0 Å². The first-order valence-corrected chi connectivity index (χ1v) is 10.9. The minimum Gasteiger partial charge on any atom is -0.463 e. The number of anilines is 1. The van der Waals surface area contributed by atoms with Crippen LogP contribution in [0.3, 0.4) is 0 Å². The first-order valence-electron chi connectivity index (χ1n) is 10.9. The number of esters is 2. The fourth-order valence-electron chi connectivity index (χ4n) is 2.77. The molecular weight excluding hydrogens is 370 g/mol. The van der Waals surface area contributed by atoms with Gasteiger partial charge in [-0.05, 0) is 43.5 Å². The van der Waals surface area contributed by atoms with Crippen molar-refractivity contribution >= 4 is 17.6 Å². The van der Waals surface area contributed by atoms with E-state index in [0.29, 0.717) is 12.2 Å². The Kier molecular flexibility index (Phi) is 13.6. The van der Waals surface area contributed by atoms with Gasteiger partial charge in [-0.25, -0.2) is 4.79 Å². The van der Waals surface area contributed by atoms with Gasteiger partial charge in [0.15, 0.2) is 0 Å². The van der Waals surface area contributed by atoms with Crippen molar-refractivity contribution in [3.63, 3.8) is 0 Å². The van der Waals surface area contributed by atoms with Crippen LogP contribution in [0.4, 0.5) is 5.69 Å². The SMILES string of the molecule is CCCCNc1ccc(C(=O)OCCOCCOC(=O)C(CC)CCCC)cc1. The average molecular weight is 408 g/mol. The molecule has 1 atom stereocenters. The second-order valence-electron chi connectivity index (χ2n) is 7.02. The lowest BCUT2D eigenvalue weighted by atomic mass is 10.00. The number of benzene rings is 1. The van der Waals surface area contributed by atoms with Crippen LogP contribution in [0.2, 0.25) is 0 Å². The molecule has 1 aromatic rings. The number of carbonyl (C=O) groups is 2. The molecule has 1 rings (SSSR count). The monoisotopic (exact) mass is 407 g/mol. The number of nitrogens with one attached hydrogen (secondary N) is 1. The van der Waals surface area contributed by atoms with E-state index in [4.69, 9.17) is 14.2 Å². The van der Waals surface area contributed by atoms with Crippen LogP contribution in [-0.2, 0) is 19.0 Å². The maximum atomic E-state index is 12.0. The summed E-state index contributed by atoms with van der Waals surface area (Å²) in [6, 6.07) is 7.25. The van der Waals surface area contributed by atoms with Crippen LogP contribution in [0.5, 0.6) is 0 Å². The summed E-state index contributed by atoms with van der Waals surface area (Å²) in [6.07, 6.45) is 6.03. The summed E-state index contributed by atoms with van der Waals surface area (Å²) in [7, 11) is 0. The Hall–Kier alpha value is -2.08. The number of hydrogen-bond donors (Lipinski definition) is 1. The van der Waals surface area contributed by atoms with Crippen molar-refractivity contribution in [3.05, 3.63) is 29.8 Å². The Bertz CT molecular complexity index is 573. The van der Waals surface area contributed by atoms with Crippen molar-refractivity contribution < 1.29 is 23.8 Å². The van der Waals surface area contributed by atoms with Crippen molar-refractivity contribution in [2.45, 2.75) is 59.3 Å². The molecule has 0 heterocycles. The van der Waals surface area contributed by atoms with Crippen LogP contribution >= 0.6 is 0 Å². The van der Waals surface area contributed by atoms with E-state index in [0.717, 1.165) is 50.8 Å². The Morgan fingerprint density at radius 3 is 2.17 bits per heavy atom. The van der Waals surface area contributed by atoms with E-state index in [-0.39, 0.29) is 37.7 Å². The number of ether oxygens (including phenoxy) is 3. The standard InChI is InChI=1S/C23H37NO5/c1-4-7-9-19(6-3)22(25)28-17-15-27-16-18-29-23(26)20-10-12-21(13-11-20)24-14-8-5-2/h10-13,19,24H,4-9,14-18H2,1-3H3. The minimum absolute atomic E-state index is 0.0239. The minimum atomic E-state index is -0.373. The van der Waals surface area contributed by atoms with Gasteiger partial charge in [-0.2, -0.15) is 0 Å². The molecule has 6 heteroatoms. The van der Waals surface area contributed by atoms with Crippen molar-refractivity contribution in [2.24, 2.45) is 5.92 Å². The van der Waals surface area contributed by atoms with E-state index >= 15 is 0 Å². The van der Waals surface area contributed by atoms with Gasteiger partial charge in [0.05, 0.1) is 24.7 Å². The third kappa shape index (κ3) is 10.9. The smallest absolute Gasteiger partial charge is 0.338 e. The third-order valence-corrected chi connectivity index (χ3v) is 4.65. The van der Waals surface area contributed by atoms with Gasteiger partial charge in [-0.15, -0.1) is 0 Å². The molecule has 1 unspecified atom stereocenters. The molecule has 0 aromatic heterocycles. The second-order valence-corrected chi connectivity index (χ2v) is 7.02. The molecule has 0 aliphatic rings. The number of carbonyl (C=O) groups excluding carboxylic acids is 2. The molecule has 29 heavy (non-hydrogen) atoms. The Morgan fingerprint density at radius 1 is 0.897 bits per heavy atom. The van der Waals surface area contributed by atoms with Crippen molar-refractivity contribution in [2.75, 3.05) is 38.3 Å². The topological polar surface area (TPSA) is 73.9 Å². The van der Waals surface area contributed by atoms with Crippen LogP contribution in [-0.4, -0.2) is 44.9 Å². The number of unbranched alkanes of at least 4 members (excludes halogenated alkanes) is 2. The van der Waals surface area contributed by atoms with Gasteiger partial charge >= 0.3 is 11.9 Å². The molecule has 1 N–H and O–H groups in total. The third-order valence-electron chi connectivity index (χ3n) is 4.65. The largest absolute Gasteiger partial charge is 0.463 e. The van der Waals surface area contributed by atoms with E-state index in [1.165, 1.54) is 0 Å². The maximum absolute atomic E-state index is 12.0. The van der Waals surface area contributed by atoms with Crippen LogP contribution in [0.15, 0.2) is 24.3 Å². The highest BCUT2D eigenvalue weighted by Gasteiger charge is 2.17. The van der Waals surface area contributed by atoms with Gasteiger partial charge in [-0.3, -0.25) is 4.79 Å². The van der Waals surface area contributed by atoms with Crippen LogP contribution in [0, 0.1) is 5.92 Å². The lowest BCUT2D eigenvalue weighted by Gasteiger charge is -2.13. The highest BCUT2D eigenvalue weighted by Crippen LogP contribution is 2.14. The fraction of sp³-hybridized carbons (Fsp3) is 0.652. The van der Waals surface area contributed by atoms with Crippen molar-refractivity contribution in [3.8, 4) is 0 Å². The molecule has 0 bridgehead atoms. The van der Waals surface area contributed by atoms with E-state index in [1.54, 1.807) is 12.1 Å². The fourth-order valence-corrected chi connectivity index (χ4v) is 2.77. The highest BCUT2D eigenvalue weighted by atomic mass is 16.6. The van der Waals surface area contributed by atoms with Crippen LogP contribution in [0.1, 0.15) is 69.7 Å². The molecule has 0 radical (unpaired) electrons. The summed E-state index contributed by atoms with van der Waals surface area (Å²) in [4.78, 5) is 24.0. The predicted molar refractivity (Wildman–Crippen MR) is 115 cm³/mol. The molecule has 164 valence electrons. The molecule has 6 nitrogen and oxygen atoms in total. The van der Waals surface area contributed by atoms with E-state index in [1.807, 2.05) is 19.1 Å². The van der Waals surface area contributed by atoms with Crippen molar-refractivity contribution in [1.29, 1.82) is 0 Å². The molecule has 0 fully saturated rings. The summed E-state index contributed by atoms with van der Waals surface area (Å²) in [6.45, 7) is 8.14. The van der Waals surface area contributed by atoms with Gasteiger partial charge in [0.1, 0.15) is 13.2 Å². The van der Waals surface area contributed by atoms with E-state index in [9.17, 15) is 9.59 Å². The number of hydrogen-bond acceptors (Lipinski definition) is 6. The second kappa shape index (κ2) is 15.8. The first-order chi connectivity index (χ1) is 14.1.